The van der Waals surface area contributed by atoms with Crippen molar-refractivity contribution in [2.75, 3.05) is 43.4 Å². The van der Waals surface area contributed by atoms with Crippen LogP contribution < -0.4 is 10.6 Å². The number of benzene rings is 1. The summed E-state index contributed by atoms with van der Waals surface area (Å²) in [5.41, 5.74) is 2.23. The molecule has 0 saturated carbocycles. The predicted octanol–water partition coefficient (Wildman–Crippen LogP) is 3.65. The highest BCUT2D eigenvalue weighted by molar-refractivity contribution is 6.30. The number of nitrogens with zero attached hydrogens (tertiary/aromatic N) is 3. The van der Waals surface area contributed by atoms with Gasteiger partial charge in [0.05, 0.1) is 17.3 Å². The van der Waals surface area contributed by atoms with E-state index in [0.29, 0.717) is 36.1 Å². The molecule has 2 heterocycles. The lowest BCUT2D eigenvalue weighted by molar-refractivity contribution is 0.142. The van der Waals surface area contributed by atoms with Crippen LogP contribution in [0.1, 0.15) is 12.6 Å². The molecule has 2 aromatic rings. The van der Waals surface area contributed by atoms with Crippen LogP contribution in [-0.2, 0) is 11.3 Å². The fraction of sp³-hybridized carbons (Fsp3) is 0.350. The molecule has 0 radical (unpaired) electrons. The lowest BCUT2D eigenvalue weighted by Gasteiger charge is -2.34. The average molecular weight is 418 g/mol. The molecule has 1 aromatic carbocycles. The van der Waals surface area contributed by atoms with Crippen LogP contribution in [-0.4, -0.2) is 59.7 Å². The Bertz CT molecular complexity index is 821. The number of carbonyl (C=O) groups excluding carboxylic acids is 2. The molecule has 1 fully saturated rings. The largest absolute Gasteiger partial charge is 0.450 e. The summed E-state index contributed by atoms with van der Waals surface area (Å²) < 4.78 is 4.83. The Hall–Kier alpha value is -2.84. The predicted molar refractivity (Wildman–Crippen MR) is 112 cm³/mol. The Labute approximate surface area is 174 Å². The highest BCUT2D eigenvalue weighted by atomic mass is 35.5. The summed E-state index contributed by atoms with van der Waals surface area (Å²) in [6, 6.07) is 10.5. The molecule has 154 valence electrons. The van der Waals surface area contributed by atoms with E-state index in [4.69, 9.17) is 16.3 Å². The summed E-state index contributed by atoms with van der Waals surface area (Å²) in [6.45, 7) is 5.63. The van der Waals surface area contributed by atoms with Gasteiger partial charge in [0.15, 0.2) is 0 Å². The van der Waals surface area contributed by atoms with Crippen LogP contribution in [0.5, 0.6) is 0 Å². The molecule has 0 atom stereocenters. The SMILES string of the molecule is CCOC(=O)Nc1ccc(NC(=O)N2CCN(Cc3ccc(Cl)cn3)CC2)cc1. The van der Waals surface area contributed by atoms with Gasteiger partial charge in [0.2, 0.25) is 0 Å². The van der Waals surface area contributed by atoms with Crippen molar-refractivity contribution in [1.82, 2.24) is 14.8 Å². The van der Waals surface area contributed by atoms with E-state index < -0.39 is 6.09 Å². The number of hydrogen-bond donors (Lipinski definition) is 2. The minimum Gasteiger partial charge on any atom is -0.450 e. The van der Waals surface area contributed by atoms with Crippen molar-refractivity contribution >= 4 is 35.1 Å². The van der Waals surface area contributed by atoms with Gasteiger partial charge in [-0.3, -0.25) is 15.2 Å². The van der Waals surface area contributed by atoms with E-state index >= 15 is 0 Å². The van der Waals surface area contributed by atoms with E-state index in [1.807, 2.05) is 12.1 Å². The standard InChI is InChI=1S/C20H24ClN5O3/c1-2-29-20(28)24-17-7-5-16(6-8-17)23-19(27)26-11-9-25(10-12-26)14-18-4-3-15(21)13-22-18/h3-8,13H,2,9-12,14H2,1H3,(H,23,27)(H,24,28). The quantitative estimate of drug-likeness (QED) is 0.775. The molecule has 29 heavy (non-hydrogen) atoms. The molecule has 1 saturated heterocycles. The van der Waals surface area contributed by atoms with Crippen LogP contribution in [0.4, 0.5) is 21.0 Å². The van der Waals surface area contributed by atoms with Crippen molar-refractivity contribution in [3.63, 3.8) is 0 Å². The lowest BCUT2D eigenvalue weighted by atomic mass is 10.2. The zero-order valence-electron chi connectivity index (χ0n) is 16.2. The Morgan fingerprint density at radius 3 is 2.28 bits per heavy atom. The van der Waals surface area contributed by atoms with Crippen molar-refractivity contribution in [1.29, 1.82) is 0 Å². The monoisotopic (exact) mass is 417 g/mol. The molecule has 1 aromatic heterocycles. The molecule has 0 unspecified atom stereocenters. The van der Waals surface area contributed by atoms with E-state index in [2.05, 4.69) is 20.5 Å². The summed E-state index contributed by atoms with van der Waals surface area (Å²) in [7, 11) is 0. The number of nitrogens with one attached hydrogen (secondary N) is 2. The van der Waals surface area contributed by atoms with Gasteiger partial charge >= 0.3 is 12.1 Å². The molecular formula is C20H24ClN5O3. The summed E-state index contributed by atoms with van der Waals surface area (Å²) in [5.74, 6) is 0. The number of aromatic nitrogens is 1. The van der Waals surface area contributed by atoms with Crippen molar-refractivity contribution in [3.05, 3.63) is 53.3 Å². The van der Waals surface area contributed by atoms with Gasteiger partial charge in [-0.1, -0.05) is 11.6 Å². The second-order valence-electron chi connectivity index (χ2n) is 6.58. The van der Waals surface area contributed by atoms with E-state index in [1.54, 1.807) is 42.3 Å². The highest BCUT2D eigenvalue weighted by Crippen LogP contribution is 2.15. The summed E-state index contributed by atoms with van der Waals surface area (Å²) >= 11 is 5.87. The molecule has 0 bridgehead atoms. The molecule has 1 aliphatic heterocycles. The van der Waals surface area contributed by atoms with Crippen molar-refractivity contribution in [3.8, 4) is 0 Å². The van der Waals surface area contributed by atoms with E-state index in [-0.39, 0.29) is 6.03 Å². The van der Waals surface area contributed by atoms with Gasteiger partial charge in [0, 0.05) is 50.3 Å². The van der Waals surface area contributed by atoms with Crippen LogP contribution in [0.25, 0.3) is 0 Å². The smallest absolute Gasteiger partial charge is 0.411 e. The second-order valence-corrected chi connectivity index (χ2v) is 7.02. The number of ether oxygens (including phenoxy) is 1. The zero-order valence-corrected chi connectivity index (χ0v) is 17.0. The summed E-state index contributed by atoms with van der Waals surface area (Å²) in [4.78, 5) is 32.3. The number of anilines is 2. The third-order valence-corrected chi connectivity index (χ3v) is 4.72. The highest BCUT2D eigenvalue weighted by Gasteiger charge is 2.21. The Morgan fingerprint density at radius 1 is 1.03 bits per heavy atom. The second kappa shape index (κ2) is 10.1. The number of amides is 3. The molecule has 1 aliphatic rings. The van der Waals surface area contributed by atoms with Crippen molar-refractivity contribution in [2.45, 2.75) is 13.5 Å². The molecule has 2 N–H and O–H groups in total. The van der Waals surface area contributed by atoms with Crippen LogP contribution in [0.2, 0.25) is 5.02 Å². The van der Waals surface area contributed by atoms with E-state index in [0.717, 1.165) is 25.3 Å². The zero-order chi connectivity index (χ0) is 20.6. The van der Waals surface area contributed by atoms with Crippen LogP contribution in [0, 0.1) is 0 Å². The Kier molecular flexibility index (Phi) is 7.26. The fourth-order valence-electron chi connectivity index (χ4n) is 2.96. The molecule has 0 aliphatic carbocycles. The third kappa shape index (κ3) is 6.33. The maximum Gasteiger partial charge on any atom is 0.411 e. The van der Waals surface area contributed by atoms with Crippen LogP contribution in [0.3, 0.4) is 0 Å². The first-order valence-corrected chi connectivity index (χ1v) is 9.84. The van der Waals surface area contributed by atoms with Gasteiger partial charge in [-0.25, -0.2) is 9.59 Å². The first-order valence-electron chi connectivity index (χ1n) is 9.46. The number of halogens is 1. The Balaban J connectivity index is 1.44. The molecule has 8 nitrogen and oxygen atoms in total. The van der Waals surface area contributed by atoms with Gasteiger partial charge < -0.3 is 15.0 Å². The molecule has 3 rings (SSSR count). The minimum absolute atomic E-state index is 0.139. The maximum atomic E-state index is 12.5. The first-order chi connectivity index (χ1) is 14.0. The number of pyridine rings is 1. The Morgan fingerprint density at radius 2 is 1.69 bits per heavy atom. The van der Waals surface area contributed by atoms with Gasteiger partial charge in [0.1, 0.15) is 0 Å². The number of hydrogen-bond acceptors (Lipinski definition) is 5. The van der Waals surface area contributed by atoms with Gasteiger partial charge in [-0.15, -0.1) is 0 Å². The van der Waals surface area contributed by atoms with E-state index in [1.165, 1.54) is 0 Å². The average Bonchev–Trinajstić information content (AvgIpc) is 2.72. The van der Waals surface area contributed by atoms with Crippen molar-refractivity contribution in [2.24, 2.45) is 0 Å². The van der Waals surface area contributed by atoms with Gasteiger partial charge in [0.25, 0.3) is 0 Å². The van der Waals surface area contributed by atoms with Gasteiger partial charge in [-0.05, 0) is 43.3 Å². The number of rotatable bonds is 5. The topological polar surface area (TPSA) is 86.8 Å². The van der Waals surface area contributed by atoms with Crippen LogP contribution in [0.15, 0.2) is 42.6 Å². The number of carbonyl (C=O) groups is 2. The fourth-order valence-corrected chi connectivity index (χ4v) is 3.07. The third-order valence-electron chi connectivity index (χ3n) is 4.49. The normalized spacial score (nSPS) is 14.3. The first kappa shape index (κ1) is 20.9. The number of urea groups is 1. The molecule has 0 spiro atoms. The number of piperazine rings is 1. The lowest BCUT2D eigenvalue weighted by Crippen LogP contribution is -2.49. The minimum atomic E-state index is -0.504. The molecule has 3 amide bonds. The molecular weight excluding hydrogens is 394 g/mol. The molecule has 9 heteroatoms. The van der Waals surface area contributed by atoms with Gasteiger partial charge in [-0.2, -0.15) is 0 Å². The van der Waals surface area contributed by atoms with Crippen molar-refractivity contribution < 1.29 is 14.3 Å². The maximum absolute atomic E-state index is 12.5. The summed E-state index contributed by atoms with van der Waals surface area (Å²) in [5, 5.41) is 6.12. The summed E-state index contributed by atoms with van der Waals surface area (Å²) in [6.07, 6.45) is 1.14. The van der Waals surface area contributed by atoms with Crippen LogP contribution >= 0.6 is 11.6 Å². The van der Waals surface area contributed by atoms with E-state index in [9.17, 15) is 9.59 Å².